The molecule has 0 unspecified atom stereocenters. The average Bonchev–Trinajstić information content (AvgIpc) is 2.09. The summed E-state index contributed by atoms with van der Waals surface area (Å²) in [6.45, 7) is 0. The Kier molecular flexibility index (Phi) is 3.10. The number of hydrogen-bond donors (Lipinski definition) is 2. The predicted molar refractivity (Wildman–Crippen MR) is 53.3 cm³/mol. The first-order valence-corrected chi connectivity index (χ1v) is 4.56. The summed E-state index contributed by atoms with van der Waals surface area (Å²) in [5.41, 5.74) is 6.91. The lowest BCUT2D eigenvalue weighted by molar-refractivity contribution is -0.113. The molecule has 0 spiro atoms. The zero-order valence-electron chi connectivity index (χ0n) is 6.38. The van der Waals surface area contributed by atoms with E-state index in [1.807, 2.05) is 0 Å². The SMILES string of the molecule is Nc1ccc(NC(=O)CBr)cc1. The normalized spacial score (nSPS) is 9.42. The van der Waals surface area contributed by atoms with Crippen LogP contribution in [0.25, 0.3) is 0 Å². The molecule has 4 heteroatoms. The van der Waals surface area contributed by atoms with Crippen molar-refractivity contribution in [3.05, 3.63) is 24.3 Å². The predicted octanol–water partition coefficient (Wildman–Crippen LogP) is 1.60. The first-order chi connectivity index (χ1) is 5.72. The number of halogens is 1. The Hall–Kier alpha value is -1.03. The highest BCUT2D eigenvalue weighted by atomic mass is 79.9. The number of benzene rings is 1. The molecule has 0 radical (unpaired) electrons. The van der Waals surface area contributed by atoms with Gasteiger partial charge in [-0.3, -0.25) is 4.79 Å². The molecule has 3 nitrogen and oxygen atoms in total. The highest BCUT2D eigenvalue weighted by Crippen LogP contribution is 2.10. The zero-order valence-corrected chi connectivity index (χ0v) is 7.97. The number of rotatable bonds is 2. The zero-order chi connectivity index (χ0) is 8.97. The third-order valence-electron chi connectivity index (χ3n) is 1.32. The maximum atomic E-state index is 10.9. The van der Waals surface area contributed by atoms with Gasteiger partial charge in [-0.2, -0.15) is 0 Å². The van der Waals surface area contributed by atoms with Gasteiger partial charge in [0.25, 0.3) is 0 Å². The number of nitrogens with one attached hydrogen (secondary N) is 1. The molecule has 3 N–H and O–H groups in total. The fourth-order valence-electron chi connectivity index (χ4n) is 0.761. The maximum Gasteiger partial charge on any atom is 0.235 e. The monoisotopic (exact) mass is 228 g/mol. The van der Waals surface area contributed by atoms with Gasteiger partial charge in [0, 0.05) is 11.4 Å². The number of hydrogen-bond acceptors (Lipinski definition) is 2. The Morgan fingerprint density at radius 1 is 1.42 bits per heavy atom. The van der Waals surface area contributed by atoms with Gasteiger partial charge in [0.1, 0.15) is 0 Å². The van der Waals surface area contributed by atoms with E-state index in [9.17, 15) is 4.79 Å². The van der Waals surface area contributed by atoms with E-state index >= 15 is 0 Å². The Morgan fingerprint density at radius 2 is 2.00 bits per heavy atom. The van der Waals surface area contributed by atoms with Crippen LogP contribution in [-0.2, 0) is 4.79 Å². The lowest BCUT2D eigenvalue weighted by Gasteiger charge is -2.02. The summed E-state index contributed by atoms with van der Waals surface area (Å²) in [4.78, 5) is 10.9. The van der Waals surface area contributed by atoms with Gasteiger partial charge in [-0.15, -0.1) is 0 Å². The van der Waals surface area contributed by atoms with Crippen LogP contribution in [0.1, 0.15) is 0 Å². The van der Waals surface area contributed by atoms with Gasteiger partial charge in [0.2, 0.25) is 5.91 Å². The molecule has 0 atom stereocenters. The van der Waals surface area contributed by atoms with Gasteiger partial charge >= 0.3 is 0 Å². The first-order valence-electron chi connectivity index (χ1n) is 3.43. The fraction of sp³-hybridized carbons (Fsp3) is 0.125. The average molecular weight is 229 g/mol. The second-order valence-electron chi connectivity index (χ2n) is 2.30. The molecule has 1 aromatic carbocycles. The van der Waals surface area contributed by atoms with Gasteiger partial charge in [0.15, 0.2) is 0 Å². The quantitative estimate of drug-likeness (QED) is 0.597. The summed E-state index contributed by atoms with van der Waals surface area (Å²) in [6.07, 6.45) is 0. The minimum atomic E-state index is -0.0697. The summed E-state index contributed by atoms with van der Waals surface area (Å²) >= 11 is 3.05. The molecule has 0 saturated carbocycles. The van der Waals surface area contributed by atoms with Crippen LogP contribution in [0.2, 0.25) is 0 Å². The van der Waals surface area contributed by atoms with Crippen molar-refractivity contribution in [3.63, 3.8) is 0 Å². The van der Waals surface area contributed by atoms with Crippen LogP contribution in [0, 0.1) is 0 Å². The van der Waals surface area contributed by atoms with E-state index in [2.05, 4.69) is 21.2 Å². The molecule has 0 aromatic heterocycles. The van der Waals surface area contributed by atoms with Crippen molar-refractivity contribution < 1.29 is 4.79 Å². The standard InChI is InChI=1S/C8H9BrN2O/c9-5-8(12)11-7-3-1-6(10)2-4-7/h1-4H,5,10H2,(H,11,12). The number of alkyl halides is 1. The number of carbonyl (C=O) groups is 1. The topological polar surface area (TPSA) is 55.1 Å². The van der Waals surface area contributed by atoms with E-state index in [0.29, 0.717) is 11.0 Å². The largest absolute Gasteiger partial charge is 0.399 e. The van der Waals surface area contributed by atoms with Crippen LogP contribution in [-0.4, -0.2) is 11.2 Å². The smallest absolute Gasteiger partial charge is 0.235 e. The second kappa shape index (κ2) is 4.11. The second-order valence-corrected chi connectivity index (χ2v) is 2.86. The lowest BCUT2D eigenvalue weighted by atomic mass is 10.3. The van der Waals surface area contributed by atoms with E-state index in [1.165, 1.54) is 0 Å². The molecule has 0 heterocycles. The van der Waals surface area contributed by atoms with Gasteiger partial charge in [0.05, 0.1) is 5.33 Å². The van der Waals surface area contributed by atoms with E-state index < -0.39 is 0 Å². The van der Waals surface area contributed by atoms with Crippen molar-refractivity contribution in [1.82, 2.24) is 0 Å². The van der Waals surface area contributed by atoms with Crippen molar-refractivity contribution >= 4 is 33.2 Å². The molecule has 0 saturated heterocycles. The number of amides is 1. The van der Waals surface area contributed by atoms with E-state index in [0.717, 1.165) is 5.69 Å². The highest BCUT2D eigenvalue weighted by molar-refractivity contribution is 9.09. The Labute approximate surface area is 79.1 Å². The number of anilines is 2. The first kappa shape index (κ1) is 9.06. The molecule has 0 aliphatic heterocycles. The molecule has 1 rings (SSSR count). The minimum Gasteiger partial charge on any atom is -0.399 e. The van der Waals surface area contributed by atoms with Crippen LogP contribution in [0.4, 0.5) is 11.4 Å². The van der Waals surface area contributed by atoms with E-state index in [1.54, 1.807) is 24.3 Å². The van der Waals surface area contributed by atoms with Gasteiger partial charge in [-0.25, -0.2) is 0 Å². The van der Waals surface area contributed by atoms with Crippen molar-refractivity contribution in [2.45, 2.75) is 0 Å². The van der Waals surface area contributed by atoms with Gasteiger partial charge in [-0.05, 0) is 24.3 Å². The van der Waals surface area contributed by atoms with Gasteiger partial charge in [-0.1, -0.05) is 15.9 Å². The van der Waals surface area contributed by atoms with Crippen LogP contribution in [0.3, 0.4) is 0 Å². The molecule has 1 aromatic rings. The van der Waals surface area contributed by atoms with Crippen LogP contribution in [0.5, 0.6) is 0 Å². The summed E-state index contributed by atoms with van der Waals surface area (Å²) in [6, 6.07) is 7.00. The molecule has 64 valence electrons. The third-order valence-corrected chi connectivity index (χ3v) is 1.83. The summed E-state index contributed by atoms with van der Waals surface area (Å²) < 4.78 is 0. The van der Waals surface area contributed by atoms with Crippen LogP contribution in [0.15, 0.2) is 24.3 Å². The van der Waals surface area contributed by atoms with E-state index in [-0.39, 0.29) is 5.91 Å². The lowest BCUT2D eigenvalue weighted by Crippen LogP contribution is -2.11. The molecular formula is C8H9BrN2O. The molecular weight excluding hydrogens is 220 g/mol. The molecule has 0 aliphatic carbocycles. The molecule has 0 fully saturated rings. The molecule has 12 heavy (non-hydrogen) atoms. The van der Waals surface area contributed by atoms with Gasteiger partial charge < -0.3 is 11.1 Å². The highest BCUT2D eigenvalue weighted by Gasteiger charge is 1.97. The Morgan fingerprint density at radius 3 is 2.50 bits per heavy atom. The van der Waals surface area contributed by atoms with Crippen molar-refractivity contribution in [2.24, 2.45) is 0 Å². The van der Waals surface area contributed by atoms with Crippen LogP contribution < -0.4 is 11.1 Å². The fourth-order valence-corrected chi connectivity index (χ4v) is 0.901. The van der Waals surface area contributed by atoms with Crippen molar-refractivity contribution in [2.75, 3.05) is 16.4 Å². The minimum absolute atomic E-state index is 0.0697. The molecule has 1 amide bonds. The Balaban J connectivity index is 2.64. The molecule has 0 aliphatic rings. The van der Waals surface area contributed by atoms with E-state index in [4.69, 9.17) is 5.73 Å². The third kappa shape index (κ3) is 2.54. The Bertz CT molecular complexity index is 271. The van der Waals surface area contributed by atoms with Crippen LogP contribution >= 0.6 is 15.9 Å². The van der Waals surface area contributed by atoms with Crippen molar-refractivity contribution in [3.8, 4) is 0 Å². The number of carbonyl (C=O) groups excluding carboxylic acids is 1. The summed E-state index contributed by atoms with van der Waals surface area (Å²) in [5.74, 6) is -0.0697. The number of nitrogens with two attached hydrogens (primary N) is 1. The summed E-state index contributed by atoms with van der Waals surface area (Å²) in [7, 11) is 0. The van der Waals surface area contributed by atoms with Crippen molar-refractivity contribution in [1.29, 1.82) is 0 Å². The summed E-state index contributed by atoms with van der Waals surface area (Å²) in [5, 5.41) is 2.98. The molecule has 0 bridgehead atoms. The number of nitrogen functional groups attached to an aromatic ring is 1. The maximum absolute atomic E-state index is 10.9.